The molecule has 234 valence electrons. The van der Waals surface area contributed by atoms with Gasteiger partial charge in [0.1, 0.15) is 5.65 Å². The highest BCUT2D eigenvalue weighted by Gasteiger charge is 2.20. The van der Waals surface area contributed by atoms with Crippen molar-refractivity contribution in [2.45, 2.75) is 0 Å². The van der Waals surface area contributed by atoms with E-state index in [9.17, 15) is 0 Å². The van der Waals surface area contributed by atoms with Crippen LogP contribution in [0.5, 0.6) is 0 Å². The van der Waals surface area contributed by atoms with Gasteiger partial charge in [0.25, 0.3) is 0 Å². The second-order valence-electron chi connectivity index (χ2n) is 12.7. The Balaban J connectivity index is 1.27. The van der Waals surface area contributed by atoms with Gasteiger partial charge < -0.3 is 4.57 Å². The maximum atomic E-state index is 5.19. The third kappa shape index (κ3) is 4.46. The molecule has 0 aliphatic rings. The van der Waals surface area contributed by atoms with Crippen molar-refractivity contribution in [3.8, 4) is 45.0 Å². The van der Waals surface area contributed by atoms with Crippen LogP contribution in [-0.2, 0) is 0 Å². The second kappa shape index (κ2) is 11.4. The zero-order chi connectivity index (χ0) is 33.0. The fraction of sp³-hybridized carbons (Fsp3) is 0. The Morgan fingerprint density at radius 2 is 1.00 bits per heavy atom. The number of nitrogens with zero attached hydrogens (tertiary/aromatic N) is 4. The maximum absolute atomic E-state index is 5.19. The summed E-state index contributed by atoms with van der Waals surface area (Å²) in [5.41, 5.74) is 13.0. The molecule has 10 aromatic rings. The lowest BCUT2D eigenvalue weighted by molar-refractivity contribution is 1.14. The number of hydrogen-bond donors (Lipinski definition) is 0. The Morgan fingerprint density at radius 1 is 0.380 bits per heavy atom. The third-order valence-electron chi connectivity index (χ3n) is 9.75. The average molecular weight is 639 g/mol. The summed E-state index contributed by atoms with van der Waals surface area (Å²) < 4.78 is 4.69. The summed E-state index contributed by atoms with van der Waals surface area (Å²) in [4.78, 5) is 10.0. The zero-order valence-corrected chi connectivity index (χ0v) is 27.1. The molecule has 0 unspecified atom stereocenters. The molecule has 0 atom stereocenters. The Morgan fingerprint density at radius 3 is 1.74 bits per heavy atom. The van der Waals surface area contributed by atoms with Gasteiger partial charge in [-0.3, -0.25) is 4.57 Å². The van der Waals surface area contributed by atoms with Gasteiger partial charge in [-0.15, -0.1) is 0 Å². The van der Waals surface area contributed by atoms with E-state index in [1.165, 1.54) is 27.2 Å². The predicted molar refractivity (Wildman–Crippen MR) is 207 cm³/mol. The lowest BCUT2D eigenvalue weighted by Gasteiger charge is -2.15. The minimum Gasteiger partial charge on any atom is -0.308 e. The molecule has 0 saturated carbocycles. The van der Waals surface area contributed by atoms with E-state index in [4.69, 9.17) is 9.97 Å². The van der Waals surface area contributed by atoms with Crippen molar-refractivity contribution in [2.75, 3.05) is 0 Å². The van der Waals surface area contributed by atoms with Crippen molar-refractivity contribution in [3.05, 3.63) is 182 Å². The van der Waals surface area contributed by atoms with Crippen molar-refractivity contribution >= 4 is 43.7 Å². The van der Waals surface area contributed by atoms with Gasteiger partial charge in [-0.25, -0.2) is 9.97 Å². The zero-order valence-electron chi connectivity index (χ0n) is 27.1. The molecule has 0 radical (unpaired) electrons. The molecule has 4 nitrogen and oxygen atoms in total. The highest BCUT2D eigenvalue weighted by molar-refractivity contribution is 6.15. The standard InChI is InChI=1S/C46H30N4/c1-4-14-31(15-5-1)41-29-35(30-42(48-41)32-16-6-2-7-17-32)49-43-24-11-10-20-37(43)38-22-12-21-36(45(38)49)33-25-26-44-40(28-33)39-23-13-27-47-46(39)50(44)34-18-8-3-9-19-34/h1-30H. The molecule has 0 spiro atoms. The van der Waals surface area contributed by atoms with E-state index in [2.05, 4.69) is 179 Å². The van der Waals surface area contributed by atoms with E-state index in [0.717, 1.165) is 61.5 Å². The summed E-state index contributed by atoms with van der Waals surface area (Å²) in [5, 5.41) is 4.74. The summed E-state index contributed by atoms with van der Waals surface area (Å²) >= 11 is 0. The van der Waals surface area contributed by atoms with Crippen LogP contribution >= 0.6 is 0 Å². The summed E-state index contributed by atoms with van der Waals surface area (Å²) in [6.07, 6.45) is 1.88. The fourth-order valence-electron chi connectivity index (χ4n) is 7.53. The highest BCUT2D eigenvalue weighted by atomic mass is 15.0. The molecule has 0 aliphatic heterocycles. The molecule has 0 aliphatic carbocycles. The number of hydrogen-bond acceptors (Lipinski definition) is 2. The van der Waals surface area contributed by atoms with E-state index in [1.54, 1.807) is 0 Å². The quantitative estimate of drug-likeness (QED) is 0.188. The number of aromatic nitrogens is 4. The second-order valence-corrected chi connectivity index (χ2v) is 12.7. The molecular weight excluding hydrogens is 609 g/mol. The van der Waals surface area contributed by atoms with Crippen LogP contribution in [0.3, 0.4) is 0 Å². The number of pyridine rings is 2. The van der Waals surface area contributed by atoms with Gasteiger partial charge in [0.15, 0.2) is 0 Å². The topological polar surface area (TPSA) is 35.6 Å². The van der Waals surface area contributed by atoms with Gasteiger partial charge in [0, 0.05) is 50.1 Å². The Labute approximate surface area is 289 Å². The van der Waals surface area contributed by atoms with Crippen LogP contribution in [0.1, 0.15) is 0 Å². The molecule has 50 heavy (non-hydrogen) atoms. The van der Waals surface area contributed by atoms with Crippen LogP contribution < -0.4 is 0 Å². The molecule has 0 amide bonds. The van der Waals surface area contributed by atoms with Gasteiger partial charge in [-0.2, -0.15) is 0 Å². The lowest BCUT2D eigenvalue weighted by atomic mass is 10.00. The molecule has 4 heteroatoms. The van der Waals surface area contributed by atoms with Gasteiger partial charge in [-0.1, -0.05) is 121 Å². The van der Waals surface area contributed by atoms with E-state index in [-0.39, 0.29) is 0 Å². The van der Waals surface area contributed by atoms with Crippen molar-refractivity contribution < 1.29 is 0 Å². The normalized spacial score (nSPS) is 11.6. The number of benzene rings is 6. The molecule has 10 rings (SSSR count). The highest BCUT2D eigenvalue weighted by Crippen LogP contribution is 2.41. The molecule has 4 aromatic heterocycles. The van der Waals surface area contributed by atoms with Gasteiger partial charge in [0.2, 0.25) is 0 Å². The third-order valence-corrected chi connectivity index (χ3v) is 9.75. The van der Waals surface area contributed by atoms with Crippen LogP contribution in [0.15, 0.2) is 182 Å². The molecule has 0 saturated heterocycles. The first-order valence-electron chi connectivity index (χ1n) is 16.9. The molecule has 0 bridgehead atoms. The largest absolute Gasteiger partial charge is 0.308 e. The Kier molecular flexibility index (Phi) is 6.46. The van der Waals surface area contributed by atoms with Crippen molar-refractivity contribution in [1.82, 2.24) is 19.1 Å². The summed E-state index contributed by atoms with van der Waals surface area (Å²) in [6, 6.07) is 62.4. The SMILES string of the molecule is c1ccc(-c2cc(-n3c4ccccc4c4cccc(-c5ccc6c(c5)c5cccnc5n6-c5ccccc5)c43)cc(-c3ccccc3)n2)cc1. The molecule has 0 fully saturated rings. The van der Waals surface area contributed by atoms with E-state index in [1.807, 2.05) is 12.3 Å². The average Bonchev–Trinajstić information content (AvgIpc) is 3.71. The van der Waals surface area contributed by atoms with Crippen molar-refractivity contribution in [3.63, 3.8) is 0 Å². The number of fused-ring (bicyclic) bond motifs is 6. The van der Waals surface area contributed by atoms with E-state index < -0.39 is 0 Å². The van der Waals surface area contributed by atoms with Crippen LogP contribution in [0.4, 0.5) is 0 Å². The van der Waals surface area contributed by atoms with Crippen LogP contribution in [0, 0.1) is 0 Å². The summed E-state index contributed by atoms with van der Waals surface area (Å²) in [5.74, 6) is 0. The smallest absolute Gasteiger partial charge is 0.145 e. The predicted octanol–water partition coefficient (Wildman–Crippen LogP) is 11.7. The lowest BCUT2D eigenvalue weighted by Crippen LogP contribution is -1.99. The van der Waals surface area contributed by atoms with Crippen LogP contribution in [0.25, 0.3) is 88.8 Å². The maximum Gasteiger partial charge on any atom is 0.145 e. The van der Waals surface area contributed by atoms with Crippen LogP contribution in [0.2, 0.25) is 0 Å². The minimum atomic E-state index is 0.938. The summed E-state index contributed by atoms with van der Waals surface area (Å²) in [7, 11) is 0. The Bertz CT molecular complexity index is 2790. The number of para-hydroxylation sites is 3. The molecule has 0 N–H and O–H groups in total. The van der Waals surface area contributed by atoms with Gasteiger partial charge in [-0.05, 0) is 60.2 Å². The van der Waals surface area contributed by atoms with Crippen LogP contribution in [-0.4, -0.2) is 19.1 Å². The fourth-order valence-corrected chi connectivity index (χ4v) is 7.53. The first kappa shape index (κ1) is 28.3. The molecule has 6 aromatic carbocycles. The van der Waals surface area contributed by atoms with E-state index in [0.29, 0.717) is 0 Å². The van der Waals surface area contributed by atoms with Crippen molar-refractivity contribution in [2.24, 2.45) is 0 Å². The summed E-state index contributed by atoms with van der Waals surface area (Å²) in [6.45, 7) is 0. The molecular formula is C46H30N4. The van der Waals surface area contributed by atoms with Crippen molar-refractivity contribution in [1.29, 1.82) is 0 Å². The van der Waals surface area contributed by atoms with Gasteiger partial charge in [0.05, 0.1) is 33.6 Å². The van der Waals surface area contributed by atoms with Gasteiger partial charge >= 0.3 is 0 Å². The minimum absolute atomic E-state index is 0.938. The Hall–Kier alpha value is -6.78. The monoisotopic (exact) mass is 638 g/mol. The van der Waals surface area contributed by atoms with E-state index >= 15 is 0 Å². The first-order chi connectivity index (χ1) is 24.8. The number of rotatable bonds is 5. The molecule has 4 heterocycles. The first-order valence-corrected chi connectivity index (χ1v) is 16.9.